The second kappa shape index (κ2) is 8.85. The number of phenols is 1. The van der Waals surface area contributed by atoms with E-state index in [9.17, 15) is 9.90 Å². The molecule has 0 aromatic heterocycles. The number of likely N-dealkylation sites (tertiary alicyclic amines) is 1. The third kappa shape index (κ3) is 4.00. The maximum atomic E-state index is 12.9. The number of phenolic OH excluding ortho intramolecular Hbond substituents is 1. The predicted molar refractivity (Wildman–Crippen MR) is 122 cm³/mol. The summed E-state index contributed by atoms with van der Waals surface area (Å²) >= 11 is 0. The number of piperidine rings is 1. The van der Waals surface area contributed by atoms with Gasteiger partial charge in [0.15, 0.2) is 0 Å². The molecule has 0 spiro atoms. The van der Waals surface area contributed by atoms with Crippen LogP contribution in [0.1, 0.15) is 41.6 Å². The number of carbonyl (C=O) groups is 1. The summed E-state index contributed by atoms with van der Waals surface area (Å²) in [5.41, 5.74) is 1.10. The van der Waals surface area contributed by atoms with Gasteiger partial charge in [-0.05, 0) is 62.1 Å². The third-order valence-electron chi connectivity index (χ3n) is 7.25. The van der Waals surface area contributed by atoms with Gasteiger partial charge in [-0.3, -0.25) is 9.69 Å². The van der Waals surface area contributed by atoms with Gasteiger partial charge in [-0.2, -0.15) is 0 Å². The zero-order valence-corrected chi connectivity index (χ0v) is 18.2. The van der Waals surface area contributed by atoms with Gasteiger partial charge in [0.2, 0.25) is 0 Å². The highest BCUT2D eigenvalue weighted by Gasteiger charge is 2.58. The SMILES string of the molecule is C=CCN1CC[C@@]2(c3cccc(O)c3)C[C@H](NC(=O)c3ccccc3)CC[C@]2(OC)C1. The van der Waals surface area contributed by atoms with E-state index >= 15 is 0 Å². The molecule has 0 radical (unpaired) electrons. The fourth-order valence-corrected chi connectivity index (χ4v) is 5.72. The minimum Gasteiger partial charge on any atom is -0.508 e. The summed E-state index contributed by atoms with van der Waals surface area (Å²) in [4.78, 5) is 15.2. The minimum absolute atomic E-state index is 0.0364. The molecule has 2 aliphatic rings. The Hall–Kier alpha value is -2.63. The first-order chi connectivity index (χ1) is 15.0. The standard InChI is InChI=1S/C26H32N2O3/c1-3-15-28-16-14-25(21-10-7-11-23(29)17-21)18-22(12-13-26(25,19-28)31-2)27-24(30)20-8-5-4-6-9-20/h3-11,17,22,29H,1,12-16,18-19H2,2H3,(H,27,30)/t22-,25+,26+/m1/s1. The van der Waals surface area contributed by atoms with E-state index in [0.29, 0.717) is 5.56 Å². The molecule has 5 nitrogen and oxygen atoms in total. The lowest BCUT2D eigenvalue weighted by Gasteiger charge is -2.59. The fourth-order valence-electron chi connectivity index (χ4n) is 5.72. The molecule has 1 saturated carbocycles. The molecule has 1 aliphatic carbocycles. The van der Waals surface area contributed by atoms with E-state index in [2.05, 4.69) is 22.9 Å². The molecule has 3 atom stereocenters. The van der Waals surface area contributed by atoms with Crippen molar-refractivity contribution in [3.8, 4) is 5.75 Å². The van der Waals surface area contributed by atoms with Crippen molar-refractivity contribution in [2.45, 2.75) is 42.7 Å². The van der Waals surface area contributed by atoms with E-state index in [0.717, 1.165) is 50.9 Å². The number of nitrogens with one attached hydrogen (secondary N) is 1. The van der Waals surface area contributed by atoms with Gasteiger partial charge in [0.1, 0.15) is 5.75 Å². The molecule has 1 saturated heterocycles. The first-order valence-electron chi connectivity index (χ1n) is 11.1. The number of ether oxygens (including phenoxy) is 1. The number of benzene rings is 2. The summed E-state index contributed by atoms with van der Waals surface area (Å²) in [5.74, 6) is 0.228. The van der Waals surface area contributed by atoms with Crippen molar-refractivity contribution in [3.63, 3.8) is 0 Å². The molecule has 1 amide bonds. The van der Waals surface area contributed by atoms with Gasteiger partial charge in [0.05, 0.1) is 5.60 Å². The quantitative estimate of drug-likeness (QED) is 0.696. The number of hydrogen-bond acceptors (Lipinski definition) is 4. The van der Waals surface area contributed by atoms with Crippen LogP contribution in [0.4, 0.5) is 0 Å². The van der Waals surface area contributed by atoms with Crippen LogP contribution in [0.3, 0.4) is 0 Å². The molecule has 1 aliphatic heterocycles. The van der Waals surface area contributed by atoms with Gasteiger partial charge in [-0.25, -0.2) is 0 Å². The maximum absolute atomic E-state index is 12.9. The Morgan fingerprint density at radius 1 is 1.26 bits per heavy atom. The molecule has 2 N–H and O–H groups in total. The van der Waals surface area contributed by atoms with Crippen LogP contribution in [0.15, 0.2) is 67.3 Å². The van der Waals surface area contributed by atoms with Gasteiger partial charge in [-0.15, -0.1) is 6.58 Å². The lowest BCUT2D eigenvalue weighted by atomic mass is 9.55. The topological polar surface area (TPSA) is 61.8 Å². The smallest absolute Gasteiger partial charge is 0.251 e. The Labute approximate surface area is 184 Å². The summed E-state index contributed by atoms with van der Waals surface area (Å²) < 4.78 is 6.32. The molecule has 0 unspecified atom stereocenters. The Kier molecular flexibility index (Phi) is 6.17. The van der Waals surface area contributed by atoms with Crippen molar-refractivity contribution >= 4 is 5.91 Å². The molecule has 2 fully saturated rings. The summed E-state index contributed by atoms with van der Waals surface area (Å²) in [6, 6.07) is 17.0. The molecule has 1 heterocycles. The first-order valence-corrected chi connectivity index (χ1v) is 11.1. The zero-order valence-electron chi connectivity index (χ0n) is 18.2. The molecule has 0 bridgehead atoms. The molecule has 5 heteroatoms. The minimum atomic E-state index is -0.379. The highest BCUT2D eigenvalue weighted by Crippen LogP contribution is 2.53. The largest absolute Gasteiger partial charge is 0.508 e. The average molecular weight is 421 g/mol. The number of carbonyl (C=O) groups excluding carboxylic acids is 1. The number of amides is 1. The Morgan fingerprint density at radius 3 is 2.77 bits per heavy atom. The Morgan fingerprint density at radius 2 is 2.06 bits per heavy atom. The molecule has 4 rings (SSSR count). The normalized spacial score (nSPS) is 28.5. The number of hydrogen-bond donors (Lipinski definition) is 2. The number of fused-ring (bicyclic) bond motifs is 1. The van der Waals surface area contributed by atoms with Crippen LogP contribution in [0.2, 0.25) is 0 Å². The van der Waals surface area contributed by atoms with Crippen LogP contribution in [-0.4, -0.2) is 54.3 Å². The van der Waals surface area contributed by atoms with Crippen molar-refractivity contribution in [1.29, 1.82) is 0 Å². The van der Waals surface area contributed by atoms with Gasteiger partial charge >= 0.3 is 0 Å². The second-order valence-electron chi connectivity index (χ2n) is 8.88. The summed E-state index contributed by atoms with van der Waals surface area (Å²) in [6.07, 6.45) is 5.32. The lowest BCUT2D eigenvalue weighted by molar-refractivity contribution is -0.146. The number of rotatable bonds is 6. The van der Waals surface area contributed by atoms with Crippen molar-refractivity contribution in [2.24, 2.45) is 0 Å². The van der Waals surface area contributed by atoms with E-state index in [4.69, 9.17) is 4.74 Å². The van der Waals surface area contributed by atoms with Crippen LogP contribution < -0.4 is 5.32 Å². The van der Waals surface area contributed by atoms with Crippen molar-refractivity contribution in [2.75, 3.05) is 26.7 Å². The zero-order chi connectivity index (χ0) is 21.9. The first kappa shape index (κ1) is 21.6. The van der Waals surface area contributed by atoms with Crippen LogP contribution in [0.25, 0.3) is 0 Å². The van der Waals surface area contributed by atoms with E-state index in [-0.39, 0.29) is 28.7 Å². The monoisotopic (exact) mass is 420 g/mol. The van der Waals surface area contributed by atoms with Gasteiger partial charge < -0.3 is 15.2 Å². The molecule has 2 aromatic rings. The van der Waals surface area contributed by atoms with Crippen molar-refractivity contribution < 1.29 is 14.6 Å². The average Bonchev–Trinajstić information content (AvgIpc) is 2.80. The van der Waals surface area contributed by atoms with E-state index < -0.39 is 0 Å². The van der Waals surface area contributed by atoms with E-state index in [1.54, 1.807) is 13.2 Å². The summed E-state index contributed by atoms with van der Waals surface area (Å²) in [7, 11) is 1.80. The lowest BCUT2D eigenvalue weighted by Crippen LogP contribution is -2.67. The third-order valence-corrected chi connectivity index (χ3v) is 7.25. The molecular weight excluding hydrogens is 388 g/mol. The van der Waals surface area contributed by atoms with E-state index in [1.807, 2.05) is 48.5 Å². The highest BCUT2D eigenvalue weighted by atomic mass is 16.5. The Bertz CT molecular complexity index is 931. The molecular formula is C26H32N2O3. The fraction of sp³-hybridized carbons (Fsp3) is 0.423. The molecule has 2 aromatic carbocycles. The van der Waals surface area contributed by atoms with E-state index in [1.165, 1.54) is 0 Å². The van der Waals surface area contributed by atoms with Crippen molar-refractivity contribution in [3.05, 3.63) is 78.4 Å². The van der Waals surface area contributed by atoms with Gasteiger partial charge in [0.25, 0.3) is 5.91 Å². The maximum Gasteiger partial charge on any atom is 0.251 e. The molecule has 164 valence electrons. The van der Waals surface area contributed by atoms with Crippen LogP contribution in [0.5, 0.6) is 5.75 Å². The number of nitrogens with zero attached hydrogens (tertiary/aromatic N) is 1. The second-order valence-corrected chi connectivity index (χ2v) is 8.88. The Balaban J connectivity index is 1.67. The van der Waals surface area contributed by atoms with Gasteiger partial charge in [0, 0.05) is 37.2 Å². The summed E-state index contributed by atoms with van der Waals surface area (Å²) in [5, 5.41) is 13.5. The van der Waals surface area contributed by atoms with Crippen LogP contribution >= 0.6 is 0 Å². The van der Waals surface area contributed by atoms with Gasteiger partial charge in [-0.1, -0.05) is 36.4 Å². The highest BCUT2D eigenvalue weighted by molar-refractivity contribution is 5.94. The molecule has 31 heavy (non-hydrogen) atoms. The predicted octanol–water partition coefficient (Wildman–Crippen LogP) is 3.89. The number of methoxy groups -OCH3 is 1. The summed E-state index contributed by atoms with van der Waals surface area (Å²) in [6.45, 7) is 6.47. The van der Waals surface area contributed by atoms with Crippen LogP contribution in [-0.2, 0) is 10.2 Å². The van der Waals surface area contributed by atoms with Crippen LogP contribution in [0, 0.1) is 0 Å². The van der Waals surface area contributed by atoms with Crippen molar-refractivity contribution in [1.82, 2.24) is 10.2 Å². The number of aromatic hydroxyl groups is 1.